The van der Waals surface area contributed by atoms with E-state index in [1.54, 1.807) is 0 Å². The van der Waals surface area contributed by atoms with Gasteiger partial charge in [-0.2, -0.15) is 0 Å². The quantitative estimate of drug-likeness (QED) is 0.473. The summed E-state index contributed by atoms with van der Waals surface area (Å²) in [6, 6.07) is 0.711. The number of aromatic amines is 1. The van der Waals surface area contributed by atoms with E-state index in [1.165, 1.54) is 16.8 Å². The summed E-state index contributed by atoms with van der Waals surface area (Å²) in [7, 11) is 0. The maximum atomic E-state index is 11.6. The van der Waals surface area contributed by atoms with E-state index in [-0.39, 0.29) is 0 Å². The number of hydrogen-bond donors (Lipinski definition) is 4. The maximum absolute atomic E-state index is 11.6. The van der Waals surface area contributed by atoms with Crippen molar-refractivity contribution in [2.75, 3.05) is 6.61 Å². The smallest absolute Gasteiger partial charge is 0.330 e. The highest BCUT2D eigenvalue weighted by Gasteiger charge is 2.38. The van der Waals surface area contributed by atoms with Crippen LogP contribution in [-0.2, 0) is 4.74 Å². The van der Waals surface area contributed by atoms with Crippen molar-refractivity contribution >= 4 is 0 Å². The zero-order valence-electron chi connectivity index (χ0n) is 9.52. The molecule has 0 amide bonds. The summed E-state index contributed by atoms with van der Waals surface area (Å²) < 4.78 is 6.64. The zero-order chi connectivity index (χ0) is 13.3. The van der Waals surface area contributed by atoms with Gasteiger partial charge in [0.05, 0.1) is 6.61 Å². The molecule has 2 heterocycles. The molecule has 18 heavy (non-hydrogen) atoms. The van der Waals surface area contributed by atoms with Crippen LogP contribution in [0.25, 0.3) is 0 Å². The maximum Gasteiger partial charge on any atom is 0.330 e. The first kappa shape index (κ1) is 13.0. The molecule has 8 heteroatoms. The summed E-state index contributed by atoms with van der Waals surface area (Å²) in [5, 5.41) is 18.4. The van der Waals surface area contributed by atoms with Crippen LogP contribution >= 0.6 is 0 Å². The summed E-state index contributed by atoms with van der Waals surface area (Å²) in [6.45, 7) is -0.467. The van der Waals surface area contributed by atoms with Crippen molar-refractivity contribution < 1.29 is 14.9 Å². The monoisotopic (exact) mass is 257 g/mol. The molecule has 1 saturated heterocycles. The first-order chi connectivity index (χ1) is 8.52. The molecule has 1 aliphatic rings. The number of hydrogen-bond acceptors (Lipinski definition) is 6. The Morgan fingerprint density at radius 2 is 2.33 bits per heavy atom. The van der Waals surface area contributed by atoms with E-state index in [9.17, 15) is 14.7 Å². The second-order valence-corrected chi connectivity index (χ2v) is 4.22. The van der Waals surface area contributed by atoms with Crippen molar-refractivity contribution in [2.24, 2.45) is 5.73 Å². The molecule has 4 atom stereocenters. The first-order valence-electron chi connectivity index (χ1n) is 5.54. The molecule has 0 bridgehead atoms. The lowest BCUT2D eigenvalue weighted by atomic mass is 10.1. The molecule has 0 radical (unpaired) electrons. The molecule has 0 aliphatic carbocycles. The molecular formula is C10H15N3O5. The average Bonchev–Trinajstić information content (AvgIpc) is 2.70. The molecular weight excluding hydrogens is 242 g/mol. The van der Waals surface area contributed by atoms with Gasteiger partial charge in [-0.15, -0.1) is 0 Å². The number of H-pyrrole nitrogens is 1. The summed E-state index contributed by atoms with van der Waals surface area (Å²) in [5.74, 6) is 0. The van der Waals surface area contributed by atoms with E-state index >= 15 is 0 Å². The van der Waals surface area contributed by atoms with Crippen LogP contribution in [0.1, 0.15) is 12.6 Å². The van der Waals surface area contributed by atoms with Crippen LogP contribution in [0.4, 0.5) is 0 Å². The van der Waals surface area contributed by atoms with Gasteiger partial charge in [0.2, 0.25) is 0 Å². The first-order valence-corrected chi connectivity index (χ1v) is 5.54. The van der Waals surface area contributed by atoms with Crippen LogP contribution in [-0.4, -0.2) is 44.6 Å². The molecule has 1 aliphatic heterocycles. The minimum atomic E-state index is -1.09. The SMILES string of the molecule is N[C@H]1C[C@H](n2ccc(=O)[nH]c2=O)O[C@@H]1[C@H](O)CO. The van der Waals surface area contributed by atoms with Gasteiger partial charge in [0, 0.05) is 24.7 Å². The lowest BCUT2D eigenvalue weighted by molar-refractivity contribution is -0.0781. The Morgan fingerprint density at radius 3 is 2.94 bits per heavy atom. The normalized spacial score (nSPS) is 29.4. The number of rotatable bonds is 3. The molecule has 1 aromatic rings. The molecule has 1 aromatic heterocycles. The predicted octanol–water partition coefficient (Wildman–Crippen LogP) is -2.50. The van der Waals surface area contributed by atoms with E-state index in [1.807, 2.05) is 0 Å². The predicted molar refractivity (Wildman–Crippen MR) is 60.9 cm³/mol. The summed E-state index contributed by atoms with van der Waals surface area (Å²) >= 11 is 0. The molecule has 0 spiro atoms. The van der Waals surface area contributed by atoms with E-state index in [0.717, 1.165) is 0 Å². The number of nitrogens with one attached hydrogen (secondary N) is 1. The van der Waals surface area contributed by atoms with Crippen LogP contribution in [0.3, 0.4) is 0 Å². The van der Waals surface area contributed by atoms with Gasteiger partial charge in [-0.25, -0.2) is 4.79 Å². The Morgan fingerprint density at radius 1 is 1.61 bits per heavy atom. The Kier molecular flexibility index (Phi) is 3.62. The van der Waals surface area contributed by atoms with Crippen molar-refractivity contribution in [3.63, 3.8) is 0 Å². The van der Waals surface area contributed by atoms with Crippen LogP contribution in [0.2, 0.25) is 0 Å². The van der Waals surface area contributed by atoms with Gasteiger partial charge in [0.1, 0.15) is 18.4 Å². The van der Waals surface area contributed by atoms with E-state index in [4.69, 9.17) is 15.6 Å². The third-order valence-electron chi connectivity index (χ3n) is 2.94. The topological polar surface area (TPSA) is 131 Å². The fourth-order valence-electron chi connectivity index (χ4n) is 2.02. The van der Waals surface area contributed by atoms with Crippen LogP contribution < -0.4 is 17.0 Å². The molecule has 5 N–H and O–H groups in total. The van der Waals surface area contributed by atoms with Crippen LogP contribution in [0.15, 0.2) is 21.9 Å². The van der Waals surface area contributed by atoms with Gasteiger partial charge in [-0.3, -0.25) is 14.3 Å². The Balaban J connectivity index is 2.22. The number of aliphatic hydroxyl groups excluding tert-OH is 2. The van der Waals surface area contributed by atoms with E-state index in [0.29, 0.717) is 6.42 Å². The molecule has 8 nitrogen and oxygen atoms in total. The average molecular weight is 257 g/mol. The highest BCUT2D eigenvalue weighted by Crippen LogP contribution is 2.27. The van der Waals surface area contributed by atoms with Gasteiger partial charge in [0.15, 0.2) is 0 Å². The zero-order valence-corrected chi connectivity index (χ0v) is 9.52. The second-order valence-electron chi connectivity index (χ2n) is 4.22. The number of nitrogens with zero attached hydrogens (tertiary/aromatic N) is 1. The number of ether oxygens (including phenoxy) is 1. The molecule has 0 aromatic carbocycles. The summed E-state index contributed by atoms with van der Waals surface area (Å²) in [6.07, 6.45) is -0.863. The van der Waals surface area contributed by atoms with Gasteiger partial charge in [0.25, 0.3) is 5.56 Å². The standard InChI is InChI=1S/C10H15N3O5/c11-5-3-8(18-9(5)6(15)4-14)13-2-1-7(16)12-10(13)17/h1-2,5-6,8-9,14-15H,3-4,11H2,(H,12,16,17)/t5-,6+,8+,9-/m0/s1. The third kappa shape index (κ3) is 2.36. The van der Waals surface area contributed by atoms with Crippen molar-refractivity contribution in [1.29, 1.82) is 0 Å². The fraction of sp³-hybridized carbons (Fsp3) is 0.600. The van der Waals surface area contributed by atoms with Gasteiger partial charge >= 0.3 is 5.69 Å². The largest absolute Gasteiger partial charge is 0.394 e. The lowest BCUT2D eigenvalue weighted by Crippen LogP contribution is -2.41. The Hall–Kier alpha value is -1.48. The molecule has 100 valence electrons. The van der Waals surface area contributed by atoms with Crippen LogP contribution in [0.5, 0.6) is 0 Å². The molecule has 0 unspecified atom stereocenters. The van der Waals surface area contributed by atoms with Gasteiger partial charge in [-0.05, 0) is 0 Å². The Labute approximate surface area is 102 Å². The second kappa shape index (κ2) is 5.02. The number of aliphatic hydroxyl groups is 2. The fourth-order valence-corrected chi connectivity index (χ4v) is 2.02. The minimum Gasteiger partial charge on any atom is -0.394 e. The molecule has 0 saturated carbocycles. The Bertz CT molecular complexity index is 525. The molecule has 2 rings (SSSR count). The minimum absolute atomic E-state index is 0.313. The van der Waals surface area contributed by atoms with Gasteiger partial charge in [-0.1, -0.05) is 0 Å². The van der Waals surface area contributed by atoms with E-state index in [2.05, 4.69) is 4.98 Å². The lowest BCUT2D eigenvalue weighted by Gasteiger charge is -2.20. The number of aromatic nitrogens is 2. The van der Waals surface area contributed by atoms with Crippen molar-refractivity contribution in [3.8, 4) is 0 Å². The van der Waals surface area contributed by atoms with E-state index < -0.39 is 42.3 Å². The summed E-state index contributed by atoms with van der Waals surface area (Å²) in [5.41, 5.74) is 4.69. The highest BCUT2D eigenvalue weighted by molar-refractivity contribution is 4.91. The summed E-state index contributed by atoms with van der Waals surface area (Å²) in [4.78, 5) is 24.6. The van der Waals surface area contributed by atoms with Crippen molar-refractivity contribution in [3.05, 3.63) is 33.1 Å². The highest BCUT2D eigenvalue weighted by atomic mass is 16.5. The van der Waals surface area contributed by atoms with Crippen molar-refractivity contribution in [2.45, 2.75) is 30.9 Å². The van der Waals surface area contributed by atoms with Gasteiger partial charge < -0.3 is 20.7 Å². The molecule has 1 fully saturated rings. The number of nitrogens with two attached hydrogens (primary N) is 1. The third-order valence-corrected chi connectivity index (χ3v) is 2.94. The van der Waals surface area contributed by atoms with Crippen molar-refractivity contribution in [1.82, 2.24) is 9.55 Å². The van der Waals surface area contributed by atoms with Crippen LogP contribution in [0, 0.1) is 0 Å².